The normalized spacial score (nSPS) is 16.7. The van der Waals surface area contributed by atoms with Crippen LogP contribution in [0.25, 0.3) is 0 Å². The van der Waals surface area contributed by atoms with Gasteiger partial charge in [-0.2, -0.15) is 0 Å². The average Bonchev–Trinajstić information content (AvgIpc) is 3.05. The molecular formula is C13H17FO3. The summed E-state index contributed by atoms with van der Waals surface area (Å²) in [6, 6.07) is 3.36. The molecule has 17 heavy (non-hydrogen) atoms. The molecule has 1 saturated carbocycles. The molecule has 1 aromatic rings. The van der Waals surface area contributed by atoms with Crippen LogP contribution < -0.4 is 9.47 Å². The lowest BCUT2D eigenvalue weighted by atomic mass is 10.0. The van der Waals surface area contributed by atoms with Crippen LogP contribution in [0, 0.1) is 0 Å². The van der Waals surface area contributed by atoms with Gasteiger partial charge in [0.2, 0.25) is 0 Å². The van der Waals surface area contributed by atoms with Crippen molar-refractivity contribution >= 4 is 0 Å². The van der Waals surface area contributed by atoms with Gasteiger partial charge in [-0.15, -0.1) is 0 Å². The van der Waals surface area contributed by atoms with E-state index in [1.165, 1.54) is 7.11 Å². The van der Waals surface area contributed by atoms with E-state index >= 15 is 0 Å². The fourth-order valence-electron chi connectivity index (χ4n) is 1.99. The van der Waals surface area contributed by atoms with Crippen LogP contribution in [-0.4, -0.2) is 24.9 Å². The van der Waals surface area contributed by atoms with Crippen LogP contribution in [0.1, 0.15) is 24.0 Å². The van der Waals surface area contributed by atoms with E-state index in [1.54, 1.807) is 19.2 Å². The Morgan fingerprint density at radius 1 is 1.29 bits per heavy atom. The predicted octanol–water partition coefficient (Wildman–Crippen LogP) is 2.24. The van der Waals surface area contributed by atoms with Crippen molar-refractivity contribution < 1.29 is 19.0 Å². The number of aliphatic hydroxyl groups is 1. The lowest BCUT2D eigenvalue weighted by Gasteiger charge is -2.16. The zero-order valence-electron chi connectivity index (χ0n) is 10.1. The van der Waals surface area contributed by atoms with E-state index in [2.05, 4.69) is 0 Å². The van der Waals surface area contributed by atoms with Gasteiger partial charge in [0.15, 0.2) is 11.5 Å². The van der Waals surface area contributed by atoms with E-state index in [9.17, 15) is 9.50 Å². The summed E-state index contributed by atoms with van der Waals surface area (Å²) in [5, 5.41) is 9.94. The molecule has 1 aliphatic carbocycles. The lowest BCUT2D eigenvalue weighted by Crippen LogP contribution is -2.12. The van der Waals surface area contributed by atoms with Crippen molar-refractivity contribution in [2.24, 2.45) is 0 Å². The molecule has 0 heterocycles. The molecule has 0 bridgehead atoms. The second kappa shape index (κ2) is 4.53. The molecule has 0 atom stereocenters. The first-order valence-electron chi connectivity index (χ1n) is 5.64. The molecule has 1 aromatic carbocycles. The van der Waals surface area contributed by atoms with Crippen LogP contribution in [0.5, 0.6) is 11.5 Å². The molecule has 1 aliphatic rings. The van der Waals surface area contributed by atoms with Gasteiger partial charge in [-0.25, -0.2) is 4.39 Å². The zero-order chi connectivity index (χ0) is 12.5. The number of hydrogen-bond acceptors (Lipinski definition) is 3. The molecule has 4 heteroatoms. The lowest BCUT2D eigenvalue weighted by molar-refractivity contribution is 0.149. The zero-order valence-corrected chi connectivity index (χ0v) is 10.1. The fraction of sp³-hybridized carbons (Fsp3) is 0.538. The third kappa shape index (κ3) is 2.52. The molecular weight excluding hydrogens is 223 g/mol. The van der Waals surface area contributed by atoms with Crippen molar-refractivity contribution in [2.75, 3.05) is 14.2 Å². The highest BCUT2D eigenvalue weighted by molar-refractivity contribution is 5.50. The van der Waals surface area contributed by atoms with Gasteiger partial charge in [-0.3, -0.25) is 0 Å². The van der Waals surface area contributed by atoms with Crippen molar-refractivity contribution in [2.45, 2.75) is 31.5 Å². The quantitative estimate of drug-likeness (QED) is 0.857. The number of halogens is 1. The van der Waals surface area contributed by atoms with Crippen molar-refractivity contribution in [1.29, 1.82) is 0 Å². The first-order valence-corrected chi connectivity index (χ1v) is 5.64. The van der Waals surface area contributed by atoms with E-state index < -0.39 is 12.3 Å². The van der Waals surface area contributed by atoms with Gasteiger partial charge in [0.25, 0.3) is 0 Å². The maximum absolute atomic E-state index is 12.7. The van der Waals surface area contributed by atoms with E-state index in [-0.39, 0.29) is 0 Å². The van der Waals surface area contributed by atoms with Crippen LogP contribution in [-0.2, 0) is 13.1 Å². The molecule has 0 amide bonds. The fourth-order valence-corrected chi connectivity index (χ4v) is 1.99. The second-order valence-corrected chi connectivity index (χ2v) is 4.53. The predicted molar refractivity (Wildman–Crippen MR) is 62.2 cm³/mol. The van der Waals surface area contributed by atoms with Gasteiger partial charge in [0.05, 0.1) is 19.8 Å². The Hall–Kier alpha value is -1.29. The SMILES string of the molecule is COc1cc(CF)cc(CC2(O)CC2)c1OC. The van der Waals surface area contributed by atoms with Gasteiger partial charge in [-0.1, -0.05) is 0 Å². The van der Waals surface area contributed by atoms with E-state index in [1.807, 2.05) is 0 Å². The Bertz CT molecular complexity index is 413. The largest absolute Gasteiger partial charge is 0.493 e. The Morgan fingerprint density at radius 3 is 2.47 bits per heavy atom. The summed E-state index contributed by atoms with van der Waals surface area (Å²) >= 11 is 0. The smallest absolute Gasteiger partial charge is 0.164 e. The standard InChI is InChI=1S/C13H17FO3/c1-16-11-6-9(8-14)5-10(12(11)17-2)7-13(15)3-4-13/h5-6,15H,3-4,7-8H2,1-2H3. The molecule has 0 aliphatic heterocycles. The van der Waals surface area contributed by atoms with Gasteiger partial charge >= 0.3 is 0 Å². The molecule has 0 unspecified atom stereocenters. The van der Waals surface area contributed by atoms with Crippen LogP contribution in [0.15, 0.2) is 12.1 Å². The summed E-state index contributed by atoms with van der Waals surface area (Å²) in [6.07, 6.45) is 2.07. The number of rotatable bonds is 5. The first-order chi connectivity index (χ1) is 8.11. The molecule has 0 spiro atoms. The van der Waals surface area contributed by atoms with E-state index in [0.29, 0.717) is 23.5 Å². The molecule has 0 aromatic heterocycles. The van der Waals surface area contributed by atoms with Gasteiger partial charge in [0, 0.05) is 12.0 Å². The summed E-state index contributed by atoms with van der Waals surface area (Å²) in [5.41, 5.74) is 0.717. The van der Waals surface area contributed by atoms with Crippen molar-refractivity contribution in [3.8, 4) is 11.5 Å². The topological polar surface area (TPSA) is 38.7 Å². The van der Waals surface area contributed by atoms with Crippen LogP contribution in [0.3, 0.4) is 0 Å². The van der Waals surface area contributed by atoms with Crippen LogP contribution in [0.4, 0.5) is 4.39 Å². The number of benzene rings is 1. The molecule has 1 N–H and O–H groups in total. The Balaban J connectivity index is 2.38. The Morgan fingerprint density at radius 2 is 2.00 bits per heavy atom. The summed E-state index contributed by atoms with van der Waals surface area (Å²) in [6.45, 7) is -0.550. The summed E-state index contributed by atoms with van der Waals surface area (Å²) < 4.78 is 23.2. The molecule has 0 saturated heterocycles. The van der Waals surface area contributed by atoms with Crippen molar-refractivity contribution in [3.05, 3.63) is 23.3 Å². The number of methoxy groups -OCH3 is 2. The minimum atomic E-state index is -0.632. The van der Waals surface area contributed by atoms with Gasteiger partial charge < -0.3 is 14.6 Å². The number of ether oxygens (including phenoxy) is 2. The maximum Gasteiger partial charge on any atom is 0.164 e. The minimum Gasteiger partial charge on any atom is -0.493 e. The summed E-state index contributed by atoms with van der Waals surface area (Å²) in [7, 11) is 3.07. The Labute approximate surface area is 100 Å². The monoisotopic (exact) mass is 240 g/mol. The third-order valence-electron chi connectivity index (χ3n) is 3.12. The summed E-state index contributed by atoms with van der Waals surface area (Å²) in [4.78, 5) is 0. The summed E-state index contributed by atoms with van der Waals surface area (Å²) in [5.74, 6) is 1.10. The molecule has 3 nitrogen and oxygen atoms in total. The molecule has 0 radical (unpaired) electrons. The Kier molecular flexibility index (Phi) is 3.24. The highest BCUT2D eigenvalue weighted by Gasteiger charge is 2.41. The molecule has 1 fully saturated rings. The van der Waals surface area contributed by atoms with E-state index in [0.717, 1.165) is 18.4 Å². The highest BCUT2D eigenvalue weighted by atomic mass is 19.1. The highest BCUT2D eigenvalue weighted by Crippen LogP contribution is 2.42. The molecule has 94 valence electrons. The van der Waals surface area contributed by atoms with Crippen LogP contribution in [0.2, 0.25) is 0 Å². The van der Waals surface area contributed by atoms with Crippen LogP contribution >= 0.6 is 0 Å². The second-order valence-electron chi connectivity index (χ2n) is 4.53. The minimum absolute atomic E-state index is 0.486. The number of hydrogen-bond donors (Lipinski definition) is 1. The molecule has 2 rings (SSSR count). The van der Waals surface area contributed by atoms with Crippen molar-refractivity contribution in [3.63, 3.8) is 0 Å². The number of alkyl halides is 1. The van der Waals surface area contributed by atoms with Crippen molar-refractivity contribution in [1.82, 2.24) is 0 Å². The van der Waals surface area contributed by atoms with Gasteiger partial charge in [0.1, 0.15) is 6.67 Å². The average molecular weight is 240 g/mol. The first kappa shape index (κ1) is 12.2. The maximum atomic E-state index is 12.7. The van der Waals surface area contributed by atoms with E-state index in [4.69, 9.17) is 9.47 Å². The third-order valence-corrected chi connectivity index (χ3v) is 3.12. The van der Waals surface area contributed by atoms with Gasteiger partial charge in [-0.05, 0) is 30.5 Å².